The average molecular weight is 1030 g/mol. The quantitative estimate of drug-likeness (QED) is 0.168. The third kappa shape index (κ3) is 8.06. The number of aromatic nitrogens is 6. The molecule has 4 aromatic heterocycles. The van der Waals surface area contributed by atoms with Gasteiger partial charge in [0.25, 0.3) is 0 Å². The van der Waals surface area contributed by atoms with Crippen molar-refractivity contribution in [2.75, 3.05) is 0 Å². The van der Waals surface area contributed by atoms with Crippen LogP contribution in [0.2, 0.25) is 0 Å². The maximum atomic E-state index is 12.1. The van der Waals surface area contributed by atoms with Gasteiger partial charge in [0.15, 0.2) is 0 Å². The van der Waals surface area contributed by atoms with Gasteiger partial charge in [0.1, 0.15) is 11.6 Å². The molecule has 64 heavy (non-hydrogen) atoms. The van der Waals surface area contributed by atoms with Crippen LogP contribution in [0.1, 0.15) is 105 Å². The minimum Gasteiger partial charge on any atom is -0.507 e. The number of rotatable bonds is 6. The van der Waals surface area contributed by atoms with E-state index in [1.54, 1.807) is 0 Å². The summed E-state index contributed by atoms with van der Waals surface area (Å²) in [5.74, 6) is 2.15. The van der Waals surface area contributed by atoms with Crippen LogP contribution in [-0.4, -0.2) is 33.6 Å². The van der Waals surface area contributed by atoms with Crippen LogP contribution in [0.5, 0.6) is 17.5 Å². The molecule has 0 amide bonds. The second-order valence-corrected chi connectivity index (χ2v) is 20.9. The summed E-state index contributed by atoms with van der Waals surface area (Å²) in [6.45, 7) is 26.3. The summed E-state index contributed by atoms with van der Waals surface area (Å²) in [4.78, 5) is 15.3. The van der Waals surface area contributed by atoms with Crippen molar-refractivity contribution < 1.29 is 30.9 Å². The van der Waals surface area contributed by atoms with Crippen LogP contribution in [-0.2, 0) is 42.7 Å². The van der Waals surface area contributed by atoms with Crippen LogP contribution in [0.25, 0.3) is 61.7 Å². The normalized spacial score (nSPS) is 12.6. The molecule has 0 aliphatic heterocycles. The molecule has 9 aromatic rings. The van der Waals surface area contributed by atoms with Gasteiger partial charge in [-0.15, -0.1) is 18.2 Å². The molecule has 0 unspecified atom stereocenters. The monoisotopic (exact) mass is 1030 g/mol. The van der Waals surface area contributed by atoms with Crippen LogP contribution >= 0.6 is 0 Å². The van der Waals surface area contributed by atoms with E-state index in [1.165, 1.54) is 5.56 Å². The zero-order valence-corrected chi connectivity index (χ0v) is 41.2. The first kappa shape index (κ1) is 44.6. The molecule has 330 valence electrons. The number of aromatic hydroxyl groups is 1. The van der Waals surface area contributed by atoms with Gasteiger partial charge in [-0.2, -0.15) is 4.98 Å². The second-order valence-electron chi connectivity index (χ2n) is 20.9. The Bertz CT molecular complexity index is 3200. The van der Waals surface area contributed by atoms with Crippen molar-refractivity contribution in [1.29, 1.82) is 0 Å². The second kappa shape index (κ2) is 15.9. The first-order valence-corrected chi connectivity index (χ1v) is 21.8. The summed E-state index contributed by atoms with van der Waals surface area (Å²) in [7, 11) is 0. The van der Waals surface area contributed by atoms with E-state index in [0.29, 0.717) is 23.0 Å². The predicted octanol–water partition coefficient (Wildman–Crippen LogP) is 13.8. The fourth-order valence-corrected chi connectivity index (χ4v) is 8.32. The van der Waals surface area contributed by atoms with Crippen molar-refractivity contribution in [3.05, 3.63) is 150 Å². The maximum absolute atomic E-state index is 12.1. The molecule has 0 spiro atoms. The Morgan fingerprint density at radius 1 is 0.609 bits per heavy atom. The number of hydrogen-bond acceptors (Lipinski definition) is 5. The number of imidazole rings is 3. The molecule has 8 nitrogen and oxygen atoms in total. The van der Waals surface area contributed by atoms with E-state index >= 15 is 0 Å². The predicted molar refractivity (Wildman–Crippen MR) is 257 cm³/mol. The SMILES string of the molecule is CC(C)(C)c1ccnc(-n2c3[c-]c(Oc4nc(-c5cc(C(C)(C)C)cc(C(C)(C)C)c5O)cn4-c4ccc(C(C)(C)C)cc4-c4ccccc4)ccc3n3c4ccccc4nc23)c1.[Pt]. The molecule has 0 fully saturated rings. The molecule has 0 saturated heterocycles. The average Bonchev–Trinajstić information content (AvgIpc) is 3.90. The van der Waals surface area contributed by atoms with Gasteiger partial charge in [-0.1, -0.05) is 138 Å². The third-order valence-electron chi connectivity index (χ3n) is 12.1. The van der Waals surface area contributed by atoms with Crippen molar-refractivity contribution in [2.24, 2.45) is 0 Å². The number of phenolic OH excluding ortho intramolecular Hbond substituents is 1. The van der Waals surface area contributed by atoms with Gasteiger partial charge in [-0.3, -0.25) is 9.13 Å². The Balaban J connectivity index is 0.00000560. The zero-order chi connectivity index (χ0) is 44.8. The minimum atomic E-state index is -0.323. The number of hydrogen-bond donors (Lipinski definition) is 1. The number of benzene rings is 5. The molecule has 1 N–H and O–H groups in total. The molecule has 0 atom stereocenters. The molecule has 0 aliphatic carbocycles. The van der Waals surface area contributed by atoms with Crippen molar-refractivity contribution in [2.45, 2.75) is 105 Å². The summed E-state index contributed by atoms with van der Waals surface area (Å²) in [5, 5.41) is 12.1. The van der Waals surface area contributed by atoms with E-state index in [-0.39, 0.29) is 48.5 Å². The topological polar surface area (TPSA) is 82.4 Å². The maximum Gasteiger partial charge on any atom is 0.305 e. The van der Waals surface area contributed by atoms with Crippen molar-refractivity contribution in [3.63, 3.8) is 0 Å². The van der Waals surface area contributed by atoms with Crippen LogP contribution < -0.4 is 4.74 Å². The summed E-state index contributed by atoms with van der Waals surface area (Å²) >= 11 is 0. The molecule has 0 bridgehead atoms. The van der Waals surface area contributed by atoms with E-state index in [4.69, 9.17) is 19.7 Å². The Morgan fingerprint density at radius 2 is 1.27 bits per heavy atom. The van der Waals surface area contributed by atoms with Crippen LogP contribution in [0.15, 0.2) is 122 Å². The summed E-state index contributed by atoms with van der Waals surface area (Å²) in [6.07, 6.45) is 3.86. The number of pyridine rings is 1. The standard InChI is InChI=1S/C55H57N6O2.Pt/c1-52(2,3)35-22-24-44(39(28-35)34-18-14-13-15-19-34)59-33-43(40-29-37(54(7,8)9)30-41(49(40)62)55(10,11)12)58-51(59)63-38-23-25-46-47(32-38)61(48-31-36(26-27-56-48)53(4,5)6)50-57-42-20-16-17-21-45(42)60(46)50;/h13-31,33,62H,1-12H3;/q-1;. The number of phenols is 1. The molecule has 4 heterocycles. The Hall–Kier alpha value is -5.98. The van der Waals surface area contributed by atoms with Gasteiger partial charge in [-0.25, -0.2) is 9.97 Å². The van der Waals surface area contributed by atoms with Crippen molar-refractivity contribution >= 4 is 27.8 Å². The Morgan fingerprint density at radius 3 is 1.95 bits per heavy atom. The molecule has 0 radical (unpaired) electrons. The van der Waals surface area contributed by atoms with Gasteiger partial charge < -0.3 is 14.2 Å². The molecule has 0 saturated carbocycles. The minimum absolute atomic E-state index is 0. The Kier molecular flexibility index (Phi) is 11.1. The molecule has 0 aliphatic rings. The van der Waals surface area contributed by atoms with E-state index < -0.39 is 0 Å². The molecule has 5 aromatic carbocycles. The summed E-state index contributed by atoms with van der Waals surface area (Å²) in [6, 6.07) is 41.6. The molecular formula is C55H57N6O2Pt-. The third-order valence-corrected chi connectivity index (χ3v) is 12.1. The number of ether oxygens (including phenoxy) is 1. The fraction of sp³-hybridized carbons (Fsp3) is 0.291. The first-order valence-electron chi connectivity index (χ1n) is 21.8. The van der Waals surface area contributed by atoms with E-state index in [2.05, 4.69) is 177 Å². The van der Waals surface area contributed by atoms with Crippen molar-refractivity contribution in [3.8, 4) is 51.4 Å². The van der Waals surface area contributed by atoms with Crippen LogP contribution in [0, 0.1) is 6.07 Å². The smallest absolute Gasteiger partial charge is 0.305 e. The summed E-state index contributed by atoms with van der Waals surface area (Å²) in [5.41, 5.74) is 11.5. The molecular weight excluding hydrogens is 972 g/mol. The van der Waals surface area contributed by atoms with Gasteiger partial charge in [0.2, 0.25) is 5.78 Å². The number of nitrogens with zero attached hydrogens (tertiary/aromatic N) is 6. The van der Waals surface area contributed by atoms with Gasteiger partial charge in [0, 0.05) is 55.9 Å². The van der Waals surface area contributed by atoms with Crippen LogP contribution in [0.4, 0.5) is 0 Å². The van der Waals surface area contributed by atoms with E-state index in [9.17, 15) is 5.11 Å². The first-order chi connectivity index (χ1) is 29.7. The van der Waals surface area contributed by atoms with Gasteiger partial charge >= 0.3 is 6.01 Å². The Labute approximate surface area is 391 Å². The molecule has 9 rings (SSSR count). The van der Waals surface area contributed by atoms with Gasteiger partial charge in [-0.05, 0) is 97.4 Å². The van der Waals surface area contributed by atoms with E-state index in [0.717, 1.165) is 67.2 Å². The van der Waals surface area contributed by atoms with Gasteiger partial charge in [0.05, 0.1) is 22.4 Å². The molecule has 9 heteroatoms. The van der Waals surface area contributed by atoms with Crippen LogP contribution in [0.3, 0.4) is 0 Å². The summed E-state index contributed by atoms with van der Waals surface area (Å²) < 4.78 is 13.2. The zero-order valence-electron chi connectivity index (χ0n) is 38.9. The van der Waals surface area contributed by atoms with Crippen molar-refractivity contribution in [1.82, 2.24) is 28.5 Å². The number of fused-ring (bicyclic) bond motifs is 5. The fourth-order valence-electron chi connectivity index (χ4n) is 8.32. The van der Waals surface area contributed by atoms with E-state index in [1.807, 2.05) is 47.3 Å². The number of para-hydroxylation sites is 2. The largest absolute Gasteiger partial charge is 0.507 e.